The van der Waals surface area contributed by atoms with Gasteiger partial charge in [0.05, 0.1) is 32.6 Å². The van der Waals surface area contributed by atoms with E-state index in [1.54, 1.807) is 25.1 Å². The first-order valence-corrected chi connectivity index (χ1v) is 9.68. The van der Waals surface area contributed by atoms with Crippen LogP contribution >= 0.6 is 11.8 Å². The highest BCUT2D eigenvalue weighted by molar-refractivity contribution is 7.99. The Balaban J connectivity index is 2.25. The van der Waals surface area contributed by atoms with Gasteiger partial charge in [-0.3, -0.25) is 14.4 Å². The maximum atomic E-state index is 12.8. The van der Waals surface area contributed by atoms with Crippen LogP contribution in [0.3, 0.4) is 0 Å². The summed E-state index contributed by atoms with van der Waals surface area (Å²) in [6, 6.07) is 3.58. The van der Waals surface area contributed by atoms with Crippen LogP contribution in [0.5, 0.6) is 11.5 Å². The lowest BCUT2D eigenvalue weighted by Gasteiger charge is -2.26. The molecule has 0 bridgehead atoms. The minimum atomic E-state index is -1.06. The number of rotatable bonds is 8. The van der Waals surface area contributed by atoms with Gasteiger partial charge < -0.3 is 24.8 Å². The molecule has 1 heterocycles. The Morgan fingerprint density at radius 3 is 2.67 bits per heavy atom. The molecule has 148 valence electrons. The maximum Gasteiger partial charge on any atom is 0.305 e. The fraction of sp³-hybridized carbons (Fsp3) is 0.500. The highest BCUT2D eigenvalue weighted by Gasteiger charge is 2.35. The minimum absolute atomic E-state index is 0.100. The summed E-state index contributed by atoms with van der Waals surface area (Å²) < 4.78 is 10.5. The largest absolute Gasteiger partial charge is 0.497 e. The van der Waals surface area contributed by atoms with Crippen molar-refractivity contribution in [3.63, 3.8) is 0 Å². The van der Waals surface area contributed by atoms with Crippen LogP contribution in [0.15, 0.2) is 18.2 Å². The molecule has 2 atom stereocenters. The van der Waals surface area contributed by atoms with Crippen molar-refractivity contribution in [2.45, 2.75) is 31.8 Å². The van der Waals surface area contributed by atoms with Crippen molar-refractivity contribution < 1.29 is 29.0 Å². The van der Waals surface area contributed by atoms with Crippen LogP contribution in [0.25, 0.3) is 0 Å². The highest BCUT2D eigenvalue weighted by atomic mass is 32.2. The zero-order chi connectivity index (χ0) is 20.0. The summed E-state index contributed by atoms with van der Waals surface area (Å²) in [7, 11) is 2.98. The van der Waals surface area contributed by atoms with Gasteiger partial charge in [-0.15, -0.1) is 11.8 Å². The molecule has 1 fully saturated rings. The number of carboxylic acids is 1. The Morgan fingerprint density at radius 1 is 1.33 bits per heavy atom. The Labute approximate surface area is 162 Å². The average molecular weight is 396 g/mol. The summed E-state index contributed by atoms with van der Waals surface area (Å²) in [5.41, 5.74) is 0.535. The first kappa shape index (κ1) is 20.9. The third-order valence-electron chi connectivity index (χ3n) is 4.32. The molecule has 2 N–H and O–H groups in total. The monoisotopic (exact) mass is 396 g/mol. The van der Waals surface area contributed by atoms with Crippen LogP contribution in [0.2, 0.25) is 0 Å². The van der Waals surface area contributed by atoms with E-state index in [-0.39, 0.29) is 18.2 Å². The van der Waals surface area contributed by atoms with Gasteiger partial charge in [-0.1, -0.05) is 6.92 Å². The number of carbonyl (C=O) groups is 3. The van der Waals surface area contributed by atoms with E-state index in [9.17, 15) is 19.5 Å². The SMILES string of the molecule is CCC(=O)N1CSCC1C(=O)NC(CC(=O)O)c1ccc(OC)cc1OC. The Hall–Kier alpha value is -2.42. The van der Waals surface area contributed by atoms with Gasteiger partial charge in [0, 0.05) is 23.8 Å². The highest BCUT2D eigenvalue weighted by Crippen LogP contribution is 2.32. The molecule has 8 nitrogen and oxygen atoms in total. The number of nitrogens with one attached hydrogen (secondary N) is 1. The standard InChI is InChI=1S/C18H24N2O6S/c1-4-16(21)20-10-27-9-14(20)18(24)19-13(8-17(22)23)12-6-5-11(25-2)7-15(12)26-3/h5-7,13-14H,4,8-10H2,1-3H3,(H,19,24)(H,22,23). The lowest BCUT2D eigenvalue weighted by molar-refractivity contribution is -0.140. The zero-order valence-electron chi connectivity index (χ0n) is 15.6. The van der Waals surface area contributed by atoms with Gasteiger partial charge in [0.1, 0.15) is 17.5 Å². The molecule has 1 aliphatic heterocycles. The molecule has 2 unspecified atom stereocenters. The molecule has 27 heavy (non-hydrogen) atoms. The third-order valence-corrected chi connectivity index (χ3v) is 5.33. The summed E-state index contributed by atoms with van der Waals surface area (Å²) in [6.45, 7) is 1.75. The molecule has 0 spiro atoms. The van der Waals surface area contributed by atoms with Crippen molar-refractivity contribution in [1.29, 1.82) is 0 Å². The number of hydrogen-bond donors (Lipinski definition) is 2. The molecule has 2 amide bonds. The van der Waals surface area contributed by atoms with Crippen molar-refractivity contribution in [3.8, 4) is 11.5 Å². The van der Waals surface area contributed by atoms with Crippen LogP contribution in [0.1, 0.15) is 31.4 Å². The van der Waals surface area contributed by atoms with Gasteiger partial charge in [0.25, 0.3) is 0 Å². The second kappa shape index (κ2) is 9.50. The van der Waals surface area contributed by atoms with E-state index in [2.05, 4.69) is 5.32 Å². The predicted molar refractivity (Wildman–Crippen MR) is 101 cm³/mol. The van der Waals surface area contributed by atoms with E-state index in [0.29, 0.717) is 35.1 Å². The number of aliphatic carboxylic acids is 1. The molecule has 0 aromatic heterocycles. The topological polar surface area (TPSA) is 105 Å². The molecule has 9 heteroatoms. The lowest BCUT2D eigenvalue weighted by Crippen LogP contribution is -2.48. The minimum Gasteiger partial charge on any atom is -0.497 e. The van der Waals surface area contributed by atoms with Crippen LogP contribution in [0, 0.1) is 0 Å². The van der Waals surface area contributed by atoms with E-state index in [1.807, 2.05) is 0 Å². The quantitative estimate of drug-likeness (QED) is 0.688. The number of amides is 2. The van der Waals surface area contributed by atoms with E-state index in [4.69, 9.17) is 9.47 Å². The molecule has 1 aromatic carbocycles. The van der Waals surface area contributed by atoms with E-state index >= 15 is 0 Å². The second-order valence-electron chi connectivity index (χ2n) is 6.00. The summed E-state index contributed by atoms with van der Waals surface area (Å²) >= 11 is 1.50. The van der Waals surface area contributed by atoms with E-state index in [0.717, 1.165) is 0 Å². The number of methoxy groups -OCH3 is 2. The van der Waals surface area contributed by atoms with Crippen molar-refractivity contribution in [2.24, 2.45) is 0 Å². The third kappa shape index (κ3) is 5.06. The molecule has 0 radical (unpaired) electrons. The van der Waals surface area contributed by atoms with Crippen molar-refractivity contribution in [2.75, 3.05) is 25.8 Å². The Kier molecular flexibility index (Phi) is 7.35. The van der Waals surface area contributed by atoms with Gasteiger partial charge in [-0.05, 0) is 12.1 Å². The lowest BCUT2D eigenvalue weighted by atomic mass is 10.0. The van der Waals surface area contributed by atoms with Gasteiger partial charge in [-0.2, -0.15) is 0 Å². The summed E-state index contributed by atoms with van der Waals surface area (Å²) in [5.74, 6) is 0.395. The van der Waals surface area contributed by atoms with Crippen LogP contribution in [-0.4, -0.2) is 59.7 Å². The van der Waals surface area contributed by atoms with Gasteiger partial charge >= 0.3 is 5.97 Å². The number of ether oxygens (including phenoxy) is 2. The summed E-state index contributed by atoms with van der Waals surface area (Å²) in [6.07, 6.45) is 0.00517. The summed E-state index contributed by atoms with van der Waals surface area (Å²) in [4.78, 5) is 37.7. The molecule has 2 rings (SSSR count). The van der Waals surface area contributed by atoms with Crippen molar-refractivity contribution >= 4 is 29.5 Å². The molecule has 1 saturated heterocycles. The first-order chi connectivity index (χ1) is 12.9. The molecule has 1 aromatic rings. The average Bonchev–Trinajstić information content (AvgIpc) is 3.15. The van der Waals surface area contributed by atoms with Gasteiger partial charge in [0.15, 0.2) is 0 Å². The van der Waals surface area contributed by atoms with Crippen LogP contribution in [-0.2, 0) is 14.4 Å². The predicted octanol–water partition coefficient (Wildman–Crippen LogP) is 1.65. The Morgan fingerprint density at radius 2 is 2.07 bits per heavy atom. The molecule has 0 aliphatic carbocycles. The Bertz CT molecular complexity index is 711. The molecule has 0 saturated carbocycles. The second-order valence-corrected chi connectivity index (χ2v) is 7.00. The number of thioether (sulfide) groups is 1. The van der Waals surface area contributed by atoms with Gasteiger partial charge in [-0.25, -0.2) is 0 Å². The van der Waals surface area contributed by atoms with Crippen molar-refractivity contribution in [3.05, 3.63) is 23.8 Å². The van der Waals surface area contributed by atoms with Crippen molar-refractivity contribution in [1.82, 2.24) is 10.2 Å². The molecule has 1 aliphatic rings. The fourth-order valence-corrected chi connectivity index (χ4v) is 4.08. The number of hydrogen-bond acceptors (Lipinski definition) is 6. The van der Waals surface area contributed by atoms with E-state index in [1.165, 1.54) is 30.9 Å². The normalized spacial score (nSPS) is 17.3. The number of carboxylic acid groups (broad SMARTS) is 1. The number of nitrogens with zero attached hydrogens (tertiary/aromatic N) is 1. The number of benzene rings is 1. The maximum absolute atomic E-state index is 12.8. The van der Waals surface area contributed by atoms with Crippen LogP contribution < -0.4 is 14.8 Å². The first-order valence-electron chi connectivity index (χ1n) is 8.52. The smallest absolute Gasteiger partial charge is 0.305 e. The van der Waals surface area contributed by atoms with Gasteiger partial charge in [0.2, 0.25) is 11.8 Å². The number of carbonyl (C=O) groups excluding carboxylic acids is 2. The summed E-state index contributed by atoms with van der Waals surface area (Å²) in [5, 5.41) is 12.1. The molecular weight excluding hydrogens is 372 g/mol. The molecular formula is C18H24N2O6S. The fourth-order valence-electron chi connectivity index (χ4n) is 2.90. The zero-order valence-corrected chi connectivity index (χ0v) is 16.4. The van der Waals surface area contributed by atoms with Crippen LogP contribution in [0.4, 0.5) is 0 Å². The van der Waals surface area contributed by atoms with E-state index < -0.39 is 18.1 Å².